The van der Waals surface area contributed by atoms with Crippen molar-refractivity contribution in [3.63, 3.8) is 0 Å². The van der Waals surface area contributed by atoms with E-state index in [4.69, 9.17) is 10.5 Å². The Hall–Kier alpha value is -1.52. The van der Waals surface area contributed by atoms with Gasteiger partial charge in [-0.3, -0.25) is 4.68 Å². The van der Waals surface area contributed by atoms with Gasteiger partial charge in [0.2, 0.25) is 0 Å². The second-order valence-electron chi connectivity index (χ2n) is 3.32. The maximum atomic E-state index is 10.6. The summed E-state index contributed by atoms with van der Waals surface area (Å²) < 4.78 is 6.71. The van der Waals surface area contributed by atoms with Gasteiger partial charge in [0.1, 0.15) is 5.60 Å². The van der Waals surface area contributed by atoms with E-state index in [1.54, 1.807) is 10.9 Å². The van der Waals surface area contributed by atoms with Gasteiger partial charge >= 0.3 is 6.09 Å². The van der Waals surface area contributed by atoms with E-state index < -0.39 is 11.7 Å². The van der Waals surface area contributed by atoms with Crippen molar-refractivity contribution in [2.45, 2.75) is 18.4 Å². The van der Waals surface area contributed by atoms with E-state index in [1.165, 1.54) is 0 Å². The fourth-order valence-corrected chi connectivity index (χ4v) is 1.41. The summed E-state index contributed by atoms with van der Waals surface area (Å²) in [6, 6.07) is 0. The smallest absolute Gasteiger partial charge is 0.405 e. The number of amides is 1. The van der Waals surface area contributed by atoms with E-state index in [1.807, 2.05) is 13.2 Å². The van der Waals surface area contributed by atoms with Crippen LogP contribution in [0, 0.1) is 0 Å². The summed E-state index contributed by atoms with van der Waals surface area (Å²) in [6.07, 6.45) is 4.50. The van der Waals surface area contributed by atoms with Gasteiger partial charge in [0.15, 0.2) is 0 Å². The summed E-state index contributed by atoms with van der Waals surface area (Å²) in [5.41, 5.74) is 5.43. The molecule has 5 heteroatoms. The molecule has 2 rings (SSSR count). The molecule has 0 radical (unpaired) electrons. The molecular weight excluding hydrogens is 170 g/mol. The van der Waals surface area contributed by atoms with Crippen LogP contribution in [0.2, 0.25) is 0 Å². The molecule has 1 aromatic rings. The average Bonchev–Trinajstić information content (AvgIpc) is 2.65. The molecule has 0 aromatic carbocycles. The number of ether oxygens (including phenoxy) is 1. The lowest BCUT2D eigenvalue weighted by Crippen LogP contribution is -2.22. The molecule has 0 spiro atoms. The van der Waals surface area contributed by atoms with Crippen molar-refractivity contribution in [2.75, 3.05) is 0 Å². The number of hydrogen-bond donors (Lipinski definition) is 1. The predicted octanol–water partition coefficient (Wildman–Crippen LogP) is 0.505. The van der Waals surface area contributed by atoms with E-state index >= 15 is 0 Å². The van der Waals surface area contributed by atoms with Crippen molar-refractivity contribution in [1.29, 1.82) is 0 Å². The lowest BCUT2D eigenvalue weighted by atomic mass is 10.2. The minimum Gasteiger partial charge on any atom is -0.438 e. The summed E-state index contributed by atoms with van der Waals surface area (Å²) in [5.74, 6) is 0. The molecule has 1 heterocycles. The monoisotopic (exact) mass is 181 g/mol. The maximum absolute atomic E-state index is 10.6. The van der Waals surface area contributed by atoms with Crippen molar-refractivity contribution >= 4 is 6.09 Å². The Bertz CT molecular complexity index is 341. The number of primary amides is 1. The van der Waals surface area contributed by atoms with Crippen molar-refractivity contribution < 1.29 is 9.53 Å². The van der Waals surface area contributed by atoms with Crippen LogP contribution in [-0.4, -0.2) is 15.9 Å². The molecular formula is C8H11N3O2. The second-order valence-corrected chi connectivity index (χ2v) is 3.32. The van der Waals surface area contributed by atoms with Crippen LogP contribution in [-0.2, 0) is 17.4 Å². The predicted molar refractivity (Wildman–Crippen MR) is 44.8 cm³/mol. The van der Waals surface area contributed by atoms with Crippen LogP contribution in [0.3, 0.4) is 0 Å². The highest BCUT2D eigenvalue weighted by molar-refractivity contribution is 5.66. The number of aromatic nitrogens is 2. The second kappa shape index (κ2) is 2.48. The highest BCUT2D eigenvalue weighted by Gasteiger charge is 2.49. The quantitative estimate of drug-likeness (QED) is 0.722. The molecule has 0 unspecified atom stereocenters. The third-order valence-corrected chi connectivity index (χ3v) is 2.23. The van der Waals surface area contributed by atoms with Gasteiger partial charge in [-0.1, -0.05) is 0 Å². The lowest BCUT2D eigenvalue weighted by molar-refractivity contribution is 0.0899. The molecule has 0 aliphatic heterocycles. The molecule has 1 aliphatic rings. The van der Waals surface area contributed by atoms with Gasteiger partial charge in [-0.25, -0.2) is 4.79 Å². The Morgan fingerprint density at radius 3 is 2.85 bits per heavy atom. The van der Waals surface area contributed by atoms with Crippen LogP contribution in [0.5, 0.6) is 0 Å². The van der Waals surface area contributed by atoms with Crippen LogP contribution in [0.4, 0.5) is 4.79 Å². The average molecular weight is 181 g/mol. The minimum atomic E-state index is -0.721. The van der Waals surface area contributed by atoms with E-state index in [2.05, 4.69) is 5.10 Å². The number of nitrogens with zero attached hydrogens (tertiary/aromatic N) is 2. The number of carbonyl (C=O) groups excluding carboxylic acids is 1. The summed E-state index contributed by atoms with van der Waals surface area (Å²) in [7, 11) is 1.82. The largest absolute Gasteiger partial charge is 0.438 e. The third-order valence-electron chi connectivity index (χ3n) is 2.23. The summed E-state index contributed by atoms with van der Waals surface area (Å²) in [5, 5.41) is 4.01. The Labute approximate surface area is 75.5 Å². The van der Waals surface area contributed by atoms with E-state index in [-0.39, 0.29) is 0 Å². The Morgan fingerprint density at radius 2 is 2.46 bits per heavy atom. The molecule has 0 bridgehead atoms. The lowest BCUT2D eigenvalue weighted by Gasteiger charge is -2.11. The fourth-order valence-electron chi connectivity index (χ4n) is 1.41. The Kier molecular flexibility index (Phi) is 1.55. The van der Waals surface area contributed by atoms with Crippen molar-refractivity contribution in [3.05, 3.63) is 18.0 Å². The van der Waals surface area contributed by atoms with Crippen molar-refractivity contribution in [3.8, 4) is 0 Å². The number of aryl methyl sites for hydroxylation is 1. The highest BCUT2D eigenvalue weighted by atomic mass is 16.6. The number of nitrogens with two attached hydrogens (primary N) is 1. The molecule has 13 heavy (non-hydrogen) atoms. The normalized spacial score (nSPS) is 18.2. The minimum absolute atomic E-state index is 0.472. The molecule has 1 saturated carbocycles. The zero-order valence-corrected chi connectivity index (χ0v) is 7.36. The number of rotatable bonds is 2. The van der Waals surface area contributed by atoms with E-state index in [0.717, 1.165) is 18.4 Å². The third kappa shape index (κ3) is 1.37. The number of carbonyl (C=O) groups is 1. The van der Waals surface area contributed by atoms with Gasteiger partial charge in [-0.2, -0.15) is 5.10 Å². The van der Waals surface area contributed by atoms with Crippen molar-refractivity contribution in [2.24, 2.45) is 12.8 Å². The van der Waals surface area contributed by atoms with Gasteiger partial charge in [0, 0.05) is 18.8 Å². The van der Waals surface area contributed by atoms with Crippen LogP contribution < -0.4 is 5.73 Å². The van der Waals surface area contributed by atoms with Crippen LogP contribution in [0.25, 0.3) is 0 Å². The first-order valence-electron chi connectivity index (χ1n) is 4.10. The SMILES string of the molecule is Cn1cc(C2(OC(N)=O)CC2)cn1. The molecule has 1 amide bonds. The standard InChI is InChI=1S/C8H11N3O2/c1-11-5-6(4-10-11)8(2-3-8)13-7(9)12/h4-5H,2-3H2,1H3,(H2,9,12). The van der Waals surface area contributed by atoms with E-state index in [0.29, 0.717) is 0 Å². The first-order chi connectivity index (χ1) is 6.12. The Morgan fingerprint density at radius 1 is 1.77 bits per heavy atom. The zero-order chi connectivity index (χ0) is 9.47. The molecule has 1 fully saturated rings. The molecule has 2 N–H and O–H groups in total. The van der Waals surface area contributed by atoms with Crippen LogP contribution >= 0.6 is 0 Å². The summed E-state index contributed by atoms with van der Waals surface area (Å²) >= 11 is 0. The Balaban J connectivity index is 2.20. The molecule has 70 valence electrons. The molecule has 0 saturated heterocycles. The van der Waals surface area contributed by atoms with Crippen molar-refractivity contribution in [1.82, 2.24) is 9.78 Å². The van der Waals surface area contributed by atoms with Crippen LogP contribution in [0.15, 0.2) is 12.4 Å². The molecule has 5 nitrogen and oxygen atoms in total. The zero-order valence-electron chi connectivity index (χ0n) is 7.36. The number of hydrogen-bond acceptors (Lipinski definition) is 3. The summed E-state index contributed by atoms with van der Waals surface area (Å²) in [4.78, 5) is 10.6. The topological polar surface area (TPSA) is 70.1 Å². The first-order valence-corrected chi connectivity index (χ1v) is 4.10. The van der Waals surface area contributed by atoms with Gasteiger partial charge < -0.3 is 10.5 Å². The maximum Gasteiger partial charge on any atom is 0.405 e. The highest BCUT2D eigenvalue weighted by Crippen LogP contribution is 2.48. The van der Waals surface area contributed by atoms with Gasteiger partial charge in [-0.05, 0) is 12.8 Å². The molecule has 1 aliphatic carbocycles. The van der Waals surface area contributed by atoms with Gasteiger partial charge in [0.05, 0.1) is 6.20 Å². The van der Waals surface area contributed by atoms with Gasteiger partial charge in [-0.15, -0.1) is 0 Å². The van der Waals surface area contributed by atoms with Crippen LogP contribution in [0.1, 0.15) is 18.4 Å². The molecule has 0 atom stereocenters. The fraction of sp³-hybridized carbons (Fsp3) is 0.500. The van der Waals surface area contributed by atoms with E-state index in [9.17, 15) is 4.79 Å². The first kappa shape index (κ1) is 8.10. The molecule has 1 aromatic heterocycles. The summed E-state index contributed by atoms with van der Waals surface area (Å²) in [6.45, 7) is 0. The van der Waals surface area contributed by atoms with Gasteiger partial charge in [0.25, 0.3) is 0 Å².